The van der Waals surface area contributed by atoms with Gasteiger partial charge in [-0.2, -0.15) is 0 Å². The number of ketones is 1. The lowest BCUT2D eigenvalue weighted by molar-refractivity contribution is 0.0931. The summed E-state index contributed by atoms with van der Waals surface area (Å²) in [7, 11) is 0. The Morgan fingerprint density at radius 1 is 1.03 bits per heavy atom. The maximum absolute atomic E-state index is 12.4. The highest BCUT2D eigenvalue weighted by atomic mass is 16.5. The fourth-order valence-corrected chi connectivity index (χ4v) is 4.33. The van der Waals surface area contributed by atoms with Crippen LogP contribution in [-0.2, 0) is 6.61 Å². The third kappa shape index (κ3) is 5.16. The molecule has 0 bridgehead atoms. The van der Waals surface area contributed by atoms with E-state index < -0.39 is 12.0 Å². The van der Waals surface area contributed by atoms with Crippen LogP contribution in [0.3, 0.4) is 0 Å². The van der Waals surface area contributed by atoms with Crippen LogP contribution in [0.15, 0.2) is 85.2 Å². The Balaban J connectivity index is 1.57. The monoisotopic (exact) mass is 494 g/mol. The molecule has 1 aliphatic heterocycles. The molecule has 0 radical (unpaired) electrons. The highest BCUT2D eigenvalue weighted by molar-refractivity contribution is 6.00. The molecule has 1 atom stereocenters. The molecule has 0 fully saturated rings. The molecule has 186 valence electrons. The number of benzene rings is 3. The van der Waals surface area contributed by atoms with Crippen molar-refractivity contribution in [2.45, 2.75) is 26.1 Å². The van der Waals surface area contributed by atoms with E-state index in [2.05, 4.69) is 4.98 Å². The number of hydrogen-bond donors (Lipinski definition) is 1. The van der Waals surface area contributed by atoms with Crippen LogP contribution in [0.2, 0.25) is 0 Å². The van der Waals surface area contributed by atoms with Gasteiger partial charge in [0.15, 0.2) is 11.9 Å². The molecule has 1 amide bonds. The summed E-state index contributed by atoms with van der Waals surface area (Å²) < 4.78 is 18.6. The molecule has 7 heteroatoms. The molecule has 7 nitrogen and oxygen atoms in total. The maximum Gasteiger partial charge on any atom is 0.248 e. The predicted octanol–water partition coefficient (Wildman–Crippen LogP) is 5.20. The maximum atomic E-state index is 12.4. The van der Waals surface area contributed by atoms with E-state index in [0.717, 1.165) is 16.7 Å². The van der Waals surface area contributed by atoms with Gasteiger partial charge in [0.25, 0.3) is 0 Å². The smallest absolute Gasteiger partial charge is 0.248 e. The van der Waals surface area contributed by atoms with Crippen molar-refractivity contribution in [2.75, 3.05) is 6.61 Å². The van der Waals surface area contributed by atoms with Crippen LogP contribution in [0.25, 0.3) is 0 Å². The second-order valence-electron chi connectivity index (χ2n) is 8.76. The van der Waals surface area contributed by atoms with Gasteiger partial charge in [0.05, 0.1) is 12.2 Å². The molecule has 2 N–H and O–H groups in total. The quantitative estimate of drug-likeness (QED) is 0.361. The molecule has 2 heterocycles. The Morgan fingerprint density at radius 3 is 2.57 bits per heavy atom. The van der Waals surface area contributed by atoms with Crippen LogP contribution in [0.5, 0.6) is 17.2 Å². The minimum Gasteiger partial charge on any atom is -0.492 e. The Labute approximate surface area is 214 Å². The number of fused-ring (bicyclic) bond motifs is 1. The van der Waals surface area contributed by atoms with Gasteiger partial charge in [0, 0.05) is 41.1 Å². The number of primary amides is 1. The van der Waals surface area contributed by atoms with Crippen molar-refractivity contribution in [3.05, 3.63) is 119 Å². The number of pyridine rings is 1. The SMILES string of the molecule is Cc1c(O[C@@H](c2ccncc2)c2ccc(C(N)=O)cc2OCc2ccccc2)ccc2c1OCCC2=O. The first-order chi connectivity index (χ1) is 18.0. The lowest BCUT2D eigenvalue weighted by atomic mass is 9.98. The van der Waals surface area contributed by atoms with Crippen molar-refractivity contribution in [1.82, 2.24) is 4.98 Å². The highest BCUT2D eigenvalue weighted by Gasteiger charge is 2.26. The van der Waals surface area contributed by atoms with E-state index in [1.54, 1.807) is 42.7 Å². The van der Waals surface area contributed by atoms with Gasteiger partial charge in [0.1, 0.15) is 23.9 Å². The van der Waals surface area contributed by atoms with E-state index in [1.807, 2.05) is 49.4 Å². The van der Waals surface area contributed by atoms with Crippen LogP contribution in [-0.4, -0.2) is 23.3 Å². The Hall–Kier alpha value is -4.65. The third-order valence-corrected chi connectivity index (χ3v) is 6.30. The van der Waals surface area contributed by atoms with Crippen molar-refractivity contribution >= 4 is 11.7 Å². The zero-order valence-electron chi connectivity index (χ0n) is 20.3. The standard InChI is InChI=1S/C30H26N2O5/c1-19-26(10-9-23-25(33)13-16-35-28(19)23)37-29(21-11-14-32-15-12-21)24-8-7-22(30(31)34)17-27(24)36-18-20-5-3-2-4-6-20/h2-12,14-15,17,29H,13,16,18H2,1H3,(H2,31,34)/t29-/m0/s1. The molecule has 0 saturated carbocycles. The van der Waals surface area contributed by atoms with E-state index in [1.165, 1.54) is 0 Å². The van der Waals surface area contributed by atoms with Gasteiger partial charge in [-0.15, -0.1) is 0 Å². The first kappa shape index (κ1) is 24.1. The van der Waals surface area contributed by atoms with Gasteiger partial charge >= 0.3 is 0 Å². The molecule has 1 aliphatic rings. The Morgan fingerprint density at radius 2 is 1.81 bits per heavy atom. The Bertz CT molecular complexity index is 1440. The van der Waals surface area contributed by atoms with Gasteiger partial charge in [0.2, 0.25) is 5.91 Å². The Kier molecular flexibility index (Phi) is 6.85. The second-order valence-corrected chi connectivity index (χ2v) is 8.76. The molecule has 4 aromatic rings. The molecule has 37 heavy (non-hydrogen) atoms. The van der Waals surface area contributed by atoms with Crippen LogP contribution in [0, 0.1) is 6.92 Å². The molecular formula is C30H26N2O5. The topological polar surface area (TPSA) is 101 Å². The number of nitrogens with zero attached hydrogens (tertiary/aromatic N) is 1. The number of carbonyl (C=O) groups is 2. The van der Waals surface area contributed by atoms with Crippen LogP contribution < -0.4 is 19.9 Å². The minimum absolute atomic E-state index is 0.0558. The molecule has 5 rings (SSSR count). The van der Waals surface area contributed by atoms with Crippen molar-refractivity contribution in [3.63, 3.8) is 0 Å². The number of ether oxygens (including phenoxy) is 3. The summed E-state index contributed by atoms with van der Waals surface area (Å²) in [6, 6.07) is 22.1. The molecule has 1 aromatic heterocycles. The summed E-state index contributed by atoms with van der Waals surface area (Å²) in [4.78, 5) is 28.5. The number of hydrogen-bond acceptors (Lipinski definition) is 6. The lowest BCUT2D eigenvalue weighted by Crippen LogP contribution is -2.18. The van der Waals surface area contributed by atoms with Gasteiger partial charge in [-0.05, 0) is 48.9 Å². The number of amides is 1. The molecule has 3 aromatic carbocycles. The average Bonchev–Trinajstić information content (AvgIpc) is 2.93. The van der Waals surface area contributed by atoms with Crippen LogP contribution in [0.1, 0.15) is 55.5 Å². The number of nitrogens with two attached hydrogens (primary N) is 1. The van der Waals surface area contributed by atoms with Crippen molar-refractivity contribution in [2.24, 2.45) is 5.73 Å². The minimum atomic E-state index is -0.605. The van der Waals surface area contributed by atoms with Gasteiger partial charge in [-0.1, -0.05) is 36.4 Å². The second kappa shape index (κ2) is 10.5. The van der Waals surface area contributed by atoms with Gasteiger partial charge < -0.3 is 19.9 Å². The van der Waals surface area contributed by atoms with Crippen molar-refractivity contribution in [3.8, 4) is 17.2 Å². The van der Waals surface area contributed by atoms with Gasteiger partial charge in [-0.25, -0.2) is 0 Å². The fourth-order valence-electron chi connectivity index (χ4n) is 4.33. The summed E-state index contributed by atoms with van der Waals surface area (Å²) in [6.45, 7) is 2.52. The zero-order valence-corrected chi connectivity index (χ0v) is 20.3. The van der Waals surface area contributed by atoms with E-state index in [9.17, 15) is 9.59 Å². The molecule has 0 saturated heterocycles. The average molecular weight is 495 g/mol. The normalized spacial score (nSPS) is 13.3. The fraction of sp³-hybridized carbons (Fsp3) is 0.167. The summed E-state index contributed by atoms with van der Waals surface area (Å²) in [5.74, 6) is 1.10. The largest absolute Gasteiger partial charge is 0.492 e. The summed E-state index contributed by atoms with van der Waals surface area (Å²) in [5.41, 5.74) is 9.73. The van der Waals surface area contributed by atoms with E-state index in [4.69, 9.17) is 19.9 Å². The summed E-state index contributed by atoms with van der Waals surface area (Å²) in [5, 5.41) is 0. The first-order valence-electron chi connectivity index (χ1n) is 12.0. The van der Waals surface area contributed by atoms with Crippen LogP contribution in [0.4, 0.5) is 0 Å². The van der Waals surface area contributed by atoms with E-state index in [-0.39, 0.29) is 5.78 Å². The van der Waals surface area contributed by atoms with Crippen molar-refractivity contribution in [1.29, 1.82) is 0 Å². The molecular weight excluding hydrogens is 468 g/mol. The van der Waals surface area contributed by atoms with E-state index in [0.29, 0.717) is 53.6 Å². The van der Waals surface area contributed by atoms with Crippen molar-refractivity contribution < 1.29 is 23.8 Å². The predicted molar refractivity (Wildman–Crippen MR) is 138 cm³/mol. The van der Waals surface area contributed by atoms with Crippen LogP contribution >= 0.6 is 0 Å². The summed E-state index contributed by atoms with van der Waals surface area (Å²) >= 11 is 0. The number of aromatic nitrogens is 1. The number of rotatable bonds is 8. The molecule has 0 aliphatic carbocycles. The number of carbonyl (C=O) groups excluding carboxylic acids is 2. The number of Topliss-reactive ketones (excluding diaryl/α,β-unsaturated/α-hetero) is 1. The molecule has 0 spiro atoms. The third-order valence-electron chi connectivity index (χ3n) is 6.30. The first-order valence-corrected chi connectivity index (χ1v) is 12.0. The van der Waals surface area contributed by atoms with E-state index >= 15 is 0 Å². The summed E-state index contributed by atoms with van der Waals surface area (Å²) in [6.07, 6.45) is 3.14. The highest BCUT2D eigenvalue weighted by Crippen LogP contribution is 2.40. The molecule has 0 unspecified atom stereocenters. The van der Waals surface area contributed by atoms with Gasteiger partial charge in [-0.3, -0.25) is 14.6 Å². The zero-order chi connectivity index (χ0) is 25.8. The lowest BCUT2D eigenvalue weighted by Gasteiger charge is -2.26.